The van der Waals surface area contributed by atoms with Crippen LogP contribution in [-0.4, -0.2) is 51.7 Å². The van der Waals surface area contributed by atoms with Crippen molar-refractivity contribution in [1.29, 1.82) is 0 Å². The Kier molecular flexibility index (Phi) is 12.9. The fraction of sp³-hybridized carbons (Fsp3) is 0.588. The first-order valence-corrected chi connectivity index (χ1v) is 10.1. The van der Waals surface area contributed by atoms with Gasteiger partial charge < -0.3 is 10.2 Å². The number of nitrogens with zero attached hydrogens (tertiary/aromatic N) is 2. The molecule has 0 saturated carbocycles. The molecule has 8 heteroatoms. The first-order chi connectivity index (χ1) is 11.5. The number of unbranched alkanes of at least 4 members (excludes halogenated alkanes) is 1. The smallest absolute Gasteiger partial charge is 0.213 e. The van der Waals surface area contributed by atoms with E-state index in [0.717, 1.165) is 37.5 Å². The average Bonchev–Trinajstić information content (AvgIpc) is 2.58. The van der Waals surface area contributed by atoms with E-state index in [1.54, 1.807) is 0 Å². The Hall–Kier alpha value is -0.870. The van der Waals surface area contributed by atoms with Crippen LogP contribution in [0.25, 0.3) is 0 Å². The highest BCUT2D eigenvalue weighted by Gasteiger charge is 2.10. The number of benzene rings is 1. The van der Waals surface area contributed by atoms with Crippen molar-refractivity contribution >= 4 is 40.0 Å². The molecule has 0 amide bonds. The minimum atomic E-state index is -3.34. The van der Waals surface area contributed by atoms with Crippen molar-refractivity contribution in [3.05, 3.63) is 35.9 Å². The second-order valence-electron chi connectivity index (χ2n) is 5.64. The van der Waals surface area contributed by atoms with Gasteiger partial charge in [-0.1, -0.05) is 43.7 Å². The van der Waals surface area contributed by atoms with Crippen molar-refractivity contribution in [3.8, 4) is 0 Å². The minimum absolute atomic E-state index is 0. The van der Waals surface area contributed by atoms with Gasteiger partial charge in [-0.15, -0.1) is 24.0 Å². The van der Waals surface area contributed by atoms with Gasteiger partial charge >= 0.3 is 0 Å². The Morgan fingerprint density at radius 3 is 2.48 bits per heavy atom. The highest BCUT2D eigenvalue weighted by molar-refractivity contribution is 14.0. The summed E-state index contributed by atoms with van der Waals surface area (Å²) >= 11 is 0. The first kappa shape index (κ1) is 24.1. The predicted molar refractivity (Wildman–Crippen MR) is 116 cm³/mol. The van der Waals surface area contributed by atoms with Crippen molar-refractivity contribution in [2.24, 2.45) is 4.99 Å². The van der Waals surface area contributed by atoms with E-state index in [9.17, 15) is 8.42 Å². The monoisotopic (exact) mass is 482 g/mol. The van der Waals surface area contributed by atoms with Gasteiger partial charge in [-0.25, -0.2) is 13.1 Å². The van der Waals surface area contributed by atoms with Crippen LogP contribution >= 0.6 is 24.0 Å². The van der Waals surface area contributed by atoms with Gasteiger partial charge in [0.1, 0.15) is 0 Å². The quantitative estimate of drug-likeness (QED) is 0.305. The second-order valence-corrected chi connectivity index (χ2v) is 7.56. The molecule has 0 aliphatic heterocycles. The lowest BCUT2D eigenvalue weighted by Gasteiger charge is -2.21. The third-order valence-corrected chi connectivity index (χ3v) is 4.81. The Morgan fingerprint density at radius 2 is 1.88 bits per heavy atom. The molecule has 2 N–H and O–H groups in total. The summed E-state index contributed by atoms with van der Waals surface area (Å²) in [4.78, 5) is 6.46. The molecule has 6 nitrogen and oxygen atoms in total. The van der Waals surface area contributed by atoms with Gasteiger partial charge in [0.15, 0.2) is 5.96 Å². The fourth-order valence-electron chi connectivity index (χ4n) is 2.10. The lowest BCUT2D eigenvalue weighted by atomic mass is 10.2. The summed E-state index contributed by atoms with van der Waals surface area (Å²) in [5.41, 5.74) is 0.942. The molecule has 1 aromatic carbocycles. The predicted octanol–water partition coefficient (Wildman–Crippen LogP) is 2.42. The van der Waals surface area contributed by atoms with E-state index in [1.165, 1.54) is 0 Å². The second kappa shape index (κ2) is 13.3. The van der Waals surface area contributed by atoms with Gasteiger partial charge in [-0.2, -0.15) is 0 Å². The third-order valence-electron chi connectivity index (χ3n) is 3.50. The van der Waals surface area contributed by atoms with E-state index < -0.39 is 10.0 Å². The zero-order chi connectivity index (χ0) is 17.8. The Labute approximate surface area is 169 Å². The van der Waals surface area contributed by atoms with Crippen molar-refractivity contribution in [3.63, 3.8) is 0 Å². The molecule has 0 unspecified atom stereocenters. The Bertz CT molecular complexity index is 594. The van der Waals surface area contributed by atoms with E-state index in [2.05, 4.69) is 22.0 Å². The van der Waals surface area contributed by atoms with E-state index >= 15 is 0 Å². The number of nitrogens with one attached hydrogen (secondary N) is 2. The number of aliphatic imine (C=N–C) groups is 1. The maximum Gasteiger partial charge on any atom is 0.213 e. The average molecular weight is 482 g/mol. The van der Waals surface area contributed by atoms with Crippen LogP contribution in [0.4, 0.5) is 0 Å². The maximum absolute atomic E-state index is 12.1. The molecule has 0 aliphatic rings. The lowest BCUT2D eigenvalue weighted by molar-refractivity contribution is 0.465. The summed E-state index contributed by atoms with van der Waals surface area (Å²) in [6, 6.07) is 9.48. The fourth-order valence-corrected chi connectivity index (χ4v) is 2.97. The molecule has 0 aliphatic carbocycles. The molecule has 0 atom stereocenters. The summed E-state index contributed by atoms with van der Waals surface area (Å²) in [5, 5.41) is 3.20. The molecular formula is C17H31IN4O2S. The van der Waals surface area contributed by atoms with Gasteiger partial charge in [-0.05, 0) is 18.9 Å². The van der Waals surface area contributed by atoms with Crippen LogP contribution in [0.15, 0.2) is 35.3 Å². The maximum atomic E-state index is 12.1. The van der Waals surface area contributed by atoms with Crippen LogP contribution in [0, 0.1) is 0 Å². The normalized spacial score (nSPS) is 11.7. The van der Waals surface area contributed by atoms with Crippen LogP contribution in [0.5, 0.6) is 0 Å². The minimum Gasteiger partial charge on any atom is -0.357 e. The number of hydrogen-bond donors (Lipinski definition) is 2. The molecule has 1 aromatic rings. The SMILES string of the molecule is CCCCN(C)C(=NCCS(=O)(=O)NCc1ccccc1)NCC.I. The van der Waals surface area contributed by atoms with Crippen molar-refractivity contribution in [1.82, 2.24) is 14.9 Å². The molecule has 0 saturated heterocycles. The zero-order valence-corrected chi connectivity index (χ0v) is 18.5. The number of rotatable bonds is 10. The molecule has 25 heavy (non-hydrogen) atoms. The van der Waals surface area contributed by atoms with Crippen LogP contribution < -0.4 is 10.0 Å². The van der Waals surface area contributed by atoms with E-state index in [0.29, 0.717) is 6.54 Å². The first-order valence-electron chi connectivity index (χ1n) is 8.49. The lowest BCUT2D eigenvalue weighted by Crippen LogP contribution is -2.40. The standard InChI is InChI=1S/C17H30N4O2S.HI/c1-4-6-13-21(3)17(18-5-2)19-12-14-24(22,23)20-15-16-10-8-7-9-11-16;/h7-11,20H,4-6,12-15H2,1-3H3,(H,18,19);1H. The molecular weight excluding hydrogens is 451 g/mol. The summed E-state index contributed by atoms with van der Waals surface area (Å²) < 4.78 is 26.8. The molecule has 0 spiro atoms. The number of guanidine groups is 1. The molecule has 0 radical (unpaired) electrons. The molecule has 0 bridgehead atoms. The van der Waals surface area contributed by atoms with E-state index in [-0.39, 0.29) is 36.3 Å². The molecule has 0 heterocycles. The number of hydrogen-bond acceptors (Lipinski definition) is 3. The summed E-state index contributed by atoms with van der Waals surface area (Å²) in [6.07, 6.45) is 2.19. The van der Waals surface area contributed by atoms with Crippen molar-refractivity contribution in [2.75, 3.05) is 32.4 Å². The van der Waals surface area contributed by atoms with E-state index in [1.807, 2.05) is 49.2 Å². The van der Waals surface area contributed by atoms with Gasteiger partial charge in [0.2, 0.25) is 10.0 Å². The largest absolute Gasteiger partial charge is 0.357 e. The number of sulfonamides is 1. The van der Waals surface area contributed by atoms with Crippen LogP contribution in [0.1, 0.15) is 32.3 Å². The van der Waals surface area contributed by atoms with E-state index in [4.69, 9.17) is 0 Å². The number of halogens is 1. The van der Waals surface area contributed by atoms with Gasteiger partial charge in [0.05, 0.1) is 12.3 Å². The topological polar surface area (TPSA) is 73.8 Å². The third kappa shape index (κ3) is 10.7. The molecule has 144 valence electrons. The van der Waals surface area contributed by atoms with Crippen LogP contribution in [-0.2, 0) is 16.6 Å². The van der Waals surface area contributed by atoms with Gasteiger partial charge in [-0.3, -0.25) is 4.99 Å². The summed E-state index contributed by atoms with van der Waals surface area (Å²) in [6.45, 7) is 6.35. The van der Waals surface area contributed by atoms with Crippen LogP contribution in [0.3, 0.4) is 0 Å². The molecule has 0 fully saturated rings. The molecule has 1 rings (SSSR count). The zero-order valence-electron chi connectivity index (χ0n) is 15.4. The Morgan fingerprint density at radius 1 is 1.20 bits per heavy atom. The summed E-state index contributed by atoms with van der Waals surface area (Å²) in [7, 11) is -1.36. The van der Waals surface area contributed by atoms with Crippen LogP contribution in [0.2, 0.25) is 0 Å². The van der Waals surface area contributed by atoms with Crippen molar-refractivity contribution < 1.29 is 8.42 Å². The highest BCUT2D eigenvalue weighted by atomic mass is 127. The van der Waals surface area contributed by atoms with Gasteiger partial charge in [0.25, 0.3) is 0 Å². The highest BCUT2D eigenvalue weighted by Crippen LogP contribution is 1.99. The Balaban J connectivity index is 0.00000576. The van der Waals surface area contributed by atoms with Gasteiger partial charge in [0, 0.05) is 26.7 Å². The molecule has 0 aromatic heterocycles. The van der Waals surface area contributed by atoms with Crippen molar-refractivity contribution in [2.45, 2.75) is 33.2 Å². The summed E-state index contributed by atoms with van der Waals surface area (Å²) in [5.74, 6) is 0.736.